The molecule has 150 valence electrons. The smallest absolute Gasteiger partial charge is 0.139 e. The van der Waals surface area contributed by atoms with Gasteiger partial charge in [-0.05, 0) is 59.7 Å². The molecule has 0 radical (unpaired) electrons. The van der Waals surface area contributed by atoms with Crippen LogP contribution in [0.2, 0.25) is 0 Å². The molecule has 4 aromatic carbocycles. The van der Waals surface area contributed by atoms with E-state index in [9.17, 15) is 0 Å². The molecule has 2 heterocycles. The molecular formula is C28H26O2. The highest BCUT2D eigenvalue weighted by molar-refractivity contribution is 6.23. The number of hydrogen-bond acceptors (Lipinski definition) is 2. The summed E-state index contributed by atoms with van der Waals surface area (Å²) in [6.45, 7) is 4.48. The highest BCUT2D eigenvalue weighted by atomic mass is 16.3. The van der Waals surface area contributed by atoms with E-state index < -0.39 is 0 Å². The van der Waals surface area contributed by atoms with Gasteiger partial charge >= 0.3 is 0 Å². The lowest BCUT2D eigenvalue weighted by Crippen LogP contribution is -1.98. The van der Waals surface area contributed by atoms with Crippen LogP contribution < -0.4 is 0 Å². The maximum Gasteiger partial charge on any atom is 0.139 e. The van der Waals surface area contributed by atoms with E-state index in [4.69, 9.17) is 8.83 Å². The van der Waals surface area contributed by atoms with Crippen molar-refractivity contribution in [1.29, 1.82) is 0 Å². The molecule has 0 N–H and O–H groups in total. The second-order valence-electron chi connectivity index (χ2n) is 8.59. The van der Waals surface area contributed by atoms with Gasteiger partial charge in [0.2, 0.25) is 0 Å². The maximum absolute atomic E-state index is 6.63. The largest absolute Gasteiger partial charge is 0.456 e. The zero-order valence-corrected chi connectivity index (χ0v) is 17.7. The van der Waals surface area contributed by atoms with Gasteiger partial charge in [0.05, 0.1) is 0 Å². The predicted octanol–water partition coefficient (Wildman–Crippen LogP) is 8.71. The minimum atomic E-state index is 0.963. The Kier molecular flexibility index (Phi) is 4.02. The average molecular weight is 395 g/mol. The molecule has 0 amide bonds. The Bertz CT molecular complexity index is 1350. The van der Waals surface area contributed by atoms with Gasteiger partial charge in [0.25, 0.3) is 0 Å². The number of hydrogen-bond donors (Lipinski definition) is 0. The van der Waals surface area contributed by atoms with E-state index in [2.05, 4.69) is 62.4 Å². The van der Waals surface area contributed by atoms with Gasteiger partial charge in [-0.25, -0.2) is 0 Å². The molecule has 0 spiro atoms. The van der Waals surface area contributed by atoms with Gasteiger partial charge in [-0.15, -0.1) is 0 Å². The zero-order chi connectivity index (χ0) is 20.2. The van der Waals surface area contributed by atoms with Crippen LogP contribution in [0, 0.1) is 0 Å². The van der Waals surface area contributed by atoms with Crippen LogP contribution >= 0.6 is 0 Å². The van der Waals surface area contributed by atoms with E-state index >= 15 is 0 Å². The SMILES string of the molecule is CCCCc1ccc2ccc3oc4c(CCCC)ccc5ccc6oc1c2c3-c6c54. The molecule has 4 aromatic rings. The monoisotopic (exact) mass is 394 g/mol. The molecule has 6 rings (SSSR count). The summed E-state index contributed by atoms with van der Waals surface area (Å²) in [6.07, 6.45) is 6.78. The predicted molar refractivity (Wildman–Crippen MR) is 126 cm³/mol. The van der Waals surface area contributed by atoms with Gasteiger partial charge in [0.1, 0.15) is 22.3 Å². The van der Waals surface area contributed by atoms with Crippen LogP contribution in [0.25, 0.3) is 55.0 Å². The highest BCUT2D eigenvalue weighted by Crippen LogP contribution is 2.49. The molecule has 0 fully saturated rings. The van der Waals surface area contributed by atoms with Crippen molar-refractivity contribution in [2.24, 2.45) is 0 Å². The topological polar surface area (TPSA) is 26.3 Å². The summed E-state index contributed by atoms with van der Waals surface area (Å²) in [6, 6.07) is 17.6. The van der Waals surface area contributed by atoms with Crippen LogP contribution in [0.5, 0.6) is 0 Å². The fourth-order valence-corrected chi connectivity index (χ4v) is 5.07. The minimum Gasteiger partial charge on any atom is -0.456 e. The highest BCUT2D eigenvalue weighted by Gasteiger charge is 2.26. The van der Waals surface area contributed by atoms with Gasteiger partial charge in [-0.1, -0.05) is 63.1 Å². The van der Waals surface area contributed by atoms with Gasteiger partial charge in [-0.2, -0.15) is 0 Å². The summed E-state index contributed by atoms with van der Waals surface area (Å²) < 4.78 is 13.3. The molecular weight excluding hydrogens is 368 g/mol. The van der Waals surface area contributed by atoms with Crippen LogP contribution in [0.4, 0.5) is 0 Å². The summed E-state index contributed by atoms with van der Waals surface area (Å²) in [4.78, 5) is 0. The molecule has 2 heteroatoms. The molecule has 0 unspecified atom stereocenters. The Morgan fingerprint density at radius 2 is 1.00 bits per heavy atom. The van der Waals surface area contributed by atoms with Crippen molar-refractivity contribution in [2.75, 3.05) is 0 Å². The number of aryl methyl sites for hydroxylation is 2. The first-order chi connectivity index (χ1) is 14.8. The van der Waals surface area contributed by atoms with E-state index in [-0.39, 0.29) is 0 Å². The van der Waals surface area contributed by atoms with Crippen molar-refractivity contribution in [3.63, 3.8) is 0 Å². The van der Waals surface area contributed by atoms with Crippen molar-refractivity contribution in [1.82, 2.24) is 0 Å². The molecule has 2 aliphatic rings. The third-order valence-corrected chi connectivity index (χ3v) is 6.64. The van der Waals surface area contributed by atoms with E-state index in [0.29, 0.717) is 0 Å². The average Bonchev–Trinajstić information content (AvgIpc) is 2.79. The summed E-state index contributed by atoms with van der Waals surface area (Å²) >= 11 is 0. The number of rotatable bonds is 6. The first kappa shape index (κ1) is 17.8. The number of benzene rings is 4. The van der Waals surface area contributed by atoms with Crippen molar-refractivity contribution in [2.45, 2.75) is 52.4 Å². The zero-order valence-electron chi connectivity index (χ0n) is 17.7. The Hall–Kier alpha value is -3.00. The van der Waals surface area contributed by atoms with Crippen molar-refractivity contribution < 1.29 is 8.83 Å². The van der Waals surface area contributed by atoms with E-state index in [1.165, 1.54) is 69.5 Å². The second kappa shape index (κ2) is 6.77. The van der Waals surface area contributed by atoms with Gasteiger partial charge < -0.3 is 8.83 Å². The minimum absolute atomic E-state index is 0.963. The first-order valence-corrected chi connectivity index (χ1v) is 11.3. The Balaban J connectivity index is 1.78. The maximum atomic E-state index is 6.63. The molecule has 0 atom stereocenters. The Labute approximate surface area is 176 Å². The van der Waals surface area contributed by atoms with Crippen LogP contribution in [0.3, 0.4) is 0 Å². The van der Waals surface area contributed by atoms with Crippen molar-refractivity contribution >= 4 is 43.9 Å². The van der Waals surface area contributed by atoms with Gasteiger partial charge in [0.15, 0.2) is 0 Å². The first-order valence-electron chi connectivity index (χ1n) is 11.3. The summed E-state index contributed by atoms with van der Waals surface area (Å²) in [5.41, 5.74) is 9.00. The molecule has 0 saturated heterocycles. The van der Waals surface area contributed by atoms with Gasteiger partial charge in [-0.3, -0.25) is 0 Å². The fraction of sp³-hybridized carbons (Fsp3) is 0.286. The lowest BCUT2D eigenvalue weighted by Gasteiger charge is -2.21. The molecule has 2 nitrogen and oxygen atoms in total. The molecule has 0 aliphatic carbocycles. The summed E-state index contributed by atoms with van der Waals surface area (Å²) in [5, 5.41) is 4.87. The van der Waals surface area contributed by atoms with Crippen LogP contribution in [-0.4, -0.2) is 0 Å². The quantitative estimate of drug-likeness (QED) is 0.208. The standard InChI is InChI=1S/C28H26O2/c1-3-5-7-19-11-9-17-13-16-22-25-23(17)27(19)29-21-15-14-18-10-12-20(8-6-4-2)28(30-22)24(18)26(21)25/h9-16H,3-8H2,1-2H3. The summed E-state index contributed by atoms with van der Waals surface area (Å²) in [7, 11) is 0. The summed E-state index contributed by atoms with van der Waals surface area (Å²) in [5.74, 6) is 0. The molecule has 2 aliphatic heterocycles. The molecule has 30 heavy (non-hydrogen) atoms. The normalized spacial score (nSPS) is 12.5. The van der Waals surface area contributed by atoms with E-state index in [0.717, 1.165) is 35.2 Å². The van der Waals surface area contributed by atoms with Gasteiger partial charge in [0, 0.05) is 21.9 Å². The molecule has 0 aromatic heterocycles. The van der Waals surface area contributed by atoms with Crippen LogP contribution in [-0.2, 0) is 12.8 Å². The molecule has 0 bridgehead atoms. The Morgan fingerprint density at radius 3 is 1.43 bits per heavy atom. The van der Waals surface area contributed by atoms with Crippen LogP contribution in [0.1, 0.15) is 50.7 Å². The third kappa shape index (κ3) is 2.43. The van der Waals surface area contributed by atoms with Crippen molar-refractivity contribution in [3.8, 4) is 11.1 Å². The lowest BCUT2D eigenvalue weighted by atomic mass is 9.88. The van der Waals surface area contributed by atoms with Crippen LogP contribution in [0.15, 0.2) is 57.4 Å². The fourth-order valence-electron chi connectivity index (χ4n) is 5.07. The molecule has 0 saturated carbocycles. The van der Waals surface area contributed by atoms with Crippen molar-refractivity contribution in [3.05, 3.63) is 59.7 Å². The second-order valence-corrected chi connectivity index (χ2v) is 8.59. The van der Waals surface area contributed by atoms with E-state index in [1.54, 1.807) is 0 Å². The lowest BCUT2D eigenvalue weighted by molar-refractivity contribution is 0.637. The third-order valence-electron chi connectivity index (χ3n) is 6.64. The number of unbranched alkanes of at least 4 members (excludes halogenated alkanes) is 2. The Morgan fingerprint density at radius 1 is 0.567 bits per heavy atom. The van der Waals surface area contributed by atoms with E-state index in [1.807, 2.05) is 0 Å².